The van der Waals surface area contributed by atoms with Gasteiger partial charge in [-0.15, -0.1) is 0 Å². The highest BCUT2D eigenvalue weighted by molar-refractivity contribution is 5.24. The molecular weight excluding hydrogens is 362 g/mol. The van der Waals surface area contributed by atoms with E-state index >= 15 is 0 Å². The van der Waals surface area contributed by atoms with Crippen molar-refractivity contribution in [1.82, 2.24) is 9.80 Å². The lowest BCUT2D eigenvalue weighted by atomic mass is 9.93. The van der Waals surface area contributed by atoms with Gasteiger partial charge < -0.3 is 9.47 Å². The Morgan fingerprint density at radius 3 is 2.61 bits per heavy atom. The predicted octanol–water partition coefficient (Wildman–Crippen LogP) is 3.98. The summed E-state index contributed by atoms with van der Waals surface area (Å²) in [4.78, 5) is 4.85. The summed E-state index contributed by atoms with van der Waals surface area (Å²) in [5, 5.41) is 0. The molecule has 4 rings (SSSR count). The lowest BCUT2D eigenvalue weighted by Crippen LogP contribution is -2.46. The summed E-state index contributed by atoms with van der Waals surface area (Å²) in [6, 6.07) is 0.120. The summed E-state index contributed by atoms with van der Waals surface area (Å²) in [6.45, 7) is 7.46. The Morgan fingerprint density at radius 2 is 1.82 bits per heavy atom. The Hall–Kier alpha value is -0.820. The third-order valence-electron chi connectivity index (χ3n) is 7.45. The molecule has 4 aliphatic rings. The van der Waals surface area contributed by atoms with E-state index in [0.717, 1.165) is 88.4 Å². The van der Waals surface area contributed by atoms with Crippen molar-refractivity contribution in [2.24, 2.45) is 0 Å². The van der Waals surface area contributed by atoms with Crippen molar-refractivity contribution >= 4 is 0 Å². The number of fused-ring (bicyclic) bond motifs is 2. The molecule has 0 amide bonds. The van der Waals surface area contributed by atoms with Crippen LogP contribution in [-0.4, -0.2) is 73.0 Å². The first-order valence-corrected chi connectivity index (χ1v) is 10.9. The molecule has 4 heterocycles. The smallest absolute Gasteiger partial charge is 0.0875 e. The van der Waals surface area contributed by atoms with Gasteiger partial charge in [0.25, 0.3) is 0 Å². The second-order valence-electron chi connectivity index (χ2n) is 9.07. The fourth-order valence-electron chi connectivity index (χ4n) is 6.19. The molecule has 0 radical (unpaired) electrons. The van der Waals surface area contributed by atoms with Gasteiger partial charge in [0.05, 0.1) is 25.9 Å². The first kappa shape index (κ1) is 20.5. The van der Waals surface area contributed by atoms with E-state index in [-0.39, 0.29) is 17.1 Å². The van der Waals surface area contributed by atoms with Crippen LogP contribution in [0.2, 0.25) is 0 Å². The first-order chi connectivity index (χ1) is 13.7. The molecule has 3 atom stereocenters. The largest absolute Gasteiger partial charge is 0.380 e. The van der Waals surface area contributed by atoms with Gasteiger partial charge >= 0.3 is 0 Å². The standard InChI is InChI=1S/C22H34F2N2O2/c1-2-27-17-22-7-4-9-26(22)20(19(12-22)14-24)5-10-28-16-21-6-3-8-25(21)15-18(11-21)13-23/h13-14,20H,2-12,15-17H2,1H3/b18-13-,19-14+/t20?,21-,22-/m1/s1. The average Bonchev–Trinajstić information content (AvgIpc) is 3.41. The number of nitrogens with zero attached hydrogens (tertiary/aromatic N) is 2. The van der Waals surface area contributed by atoms with Crippen LogP contribution in [-0.2, 0) is 9.47 Å². The SMILES string of the molecule is CCOC[C@]12CCCN1C(CCOC[C@]13CCCN1C/C(=C\F)C3)/C(=C/F)C2. The molecule has 28 heavy (non-hydrogen) atoms. The summed E-state index contributed by atoms with van der Waals surface area (Å²) < 4.78 is 38.5. The summed E-state index contributed by atoms with van der Waals surface area (Å²) in [5.41, 5.74) is 1.75. The van der Waals surface area contributed by atoms with Crippen molar-refractivity contribution in [2.45, 2.75) is 69.0 Å². The van der Waals surface area contributed by atoms with Gasteiger partial charge in [0.2, 0.25) is 0 Å². The van der Waals surface area contributed by atoms with Gasteiger partial charge in [-0.2, -0.15) is 0 Å². The summed E-state index contributed by atoms with van der Waals surface area (Å²) >= 11 is 0. The Kier molecular flexibility index (Phi) is 6.21. The summed E-state index contributed by atoms with van der Waals surface area (Å²) in [7, 11) is 0. The van der Waals surface area contributed by atoms with Crippen LogP contribution in [0.5, 0.6) is 0 Å². The molecule has 4 aliphatic heterocycles. The normalized spacial score (nSPS) is 38.8. The molecule has 6 heteroatoms. The van der Waals surface area contributed by atoms with E-state index in [9.17, 15) is 8.78 Å². The number of hydrogen-bond donors (Lipinski definition) is 0. The minimum atomic E-state index is -0.0220. The van der Waals surface area contributed by atoms with Crippen LogP contribution >= 0.6 is 0 Å². The van der Waals surface area contributed by atoms with E-state index in [1.807, 2.05) is 6.92 Å². The molecule has 0 N–H and O–H groups in total. The second-order valence-corrected chi connectivity index (χ2v) is 9.07. The third kappa shape index (κ3) is 3.57. The van der Waals surface area contributed by atoms with Crippen LogP contribution in [0.25, 0.3) is 0 Å². The maximum Gasteiger partial charge on any atom is 0.0875 e. The molecule has 0 aromatic carbocycles. The van der Waals surface area contributed by atoms with Gasteiger partial charge in [-0.05, 0) is 76.1 Å². The van der Waals surface area contributed by atoms with Crippen molar-refractivity contribution in [3.05, 3.63) is 23.8 Å². The molecule has 4 nitrogen and oxygen atoms in total. The summed E-state index contributed by atoms with van der Waals surface area (Å²) in [5.74, 6) is 0. The Balaban J connectivity index is 1.33. The molecule has 0 bridgehead atoms. The fraction of sp³-hybridized carbons (Fsp3) is 0.818. The van der Waals surface area contributed by atoms with Gasteiger partial charge in [0, 0.05) is 36.9 Å². The van der Waals surface area contributed by atoms with Crippen LogP contribution < -0.4 is 0 Å². The fourth-order valence-corrected chi connectivity index (χ4v) is 6.19. The van der Waals surface area contributed by atoms with Crippen molar-refractivity contribution < 1.29 is 18.3 Å². The van der Waals surface area contributed by atoms with Crippen LogP contribution in [0.4, 0.5) is 8.78 Å². The average molecular weight is 397 g/mol. The van der Waals surface area contributed by atoms with Crippen molar-refractivity contribution in [1.29, 1.82) is 0 Å². The third-order valence-corrected chi connectivity index (χ3v) is 7.45. The van der Waals surface area contributed by atoms with Crippen molar-refractivity contribution in [2.75, 3.05) is 46.1 Å². The lowest BCUT2D eigenvalue weighted by molar-refractivity contribution is 0.0103. The topological polar surface area (TPSA) is 24.9 Å². The molecule has 0 aliphatic carbocycles. The van der Waals surface area contributed by atoms with Crippen LogP contribution in [0, 0.1) is 0 Å². The zero-order valence-corrected chi connectivity index (χ0v) is 17.1. The van der Waals surface area contributed by atoms with Gasteiger partial charge in [-0.3, -0.25) is 9.80 Å². The Labute approximate surface area is 167 Å². The molecule has 158 valence electrons. The molecule has 4 fully saturated rings. The molecule has 0 aromatic rings. The van der Waals surface area contributed by atoms with Crippen molar-refractivity contribution in [3.63, 3.8) is 0 Å². The minimum Gasteiger partial charge on any atom is -0.380 e. The van der Waals surface area contributed by atoms with Gasteiger partial charge in [-0.25, -0.2) is 8.78 Å². The van der Waals surface area contributed by atoms with E-state index in [0.29, 0.717) is 26.4 Å². The zero-order chi connectivity index (χ0) is 19.6. The maximum atomic E-state index is 13.6. The van der Waals surface area contributed by atoms with E-state index < -0.39 is 0 Å². The van der Waals surface area contributed by atoms with E-state index in [1.54, 1.807) is 0 Å². The van der Waals surface area contributed by atoms with Crippen LogP contribution in [0.15, 0.2) is 23.8 Å². The van der Waals surface area contributed by atoms with Gasteiger partial charge in [0.15, 0.2) is 0 Å². The highest BCUT2D eigenvalue weighted by atomic mass is 19.1. The quantitative estimate of drug-likeness (QED) is 0.580. The number of rotatable bonds is 8. The van der Waals surface area contributed by atoms with Crippen LogP contribution in [0.3, 0.4) is 0 Å². The highest BCUT2D eigenvalue weighted by Crippen LogP contribution is 2.46. The number of halogens is 2. The van der Waals surface area contributed by atoms with Gasteiger partial charge in [-0.1, -0.05) is 0 Å². The Morgan fingerprint density at radius 1 is 1.04 bits per heavy atom. The minimum absolute atomic E-state index is 0.0152. The van der Waals surface area contributed by atoms with Crippen LogP contribution in [0.1, 0.15) is 51.9 Å². The first-order valence-electron chi connectivity index (χ1n) is 10.9. The van der Waals surface area contributed by atoms with Crippen molar-refractivity contribution in [3.8, 4) is 0 Å². The zero-order valence-electron chi connectivity index (χ0n) is 17.1. The molecule has 4 saturated heterocycles. The molecule has 1 unspecified atom stereocenters. The summed E-state index contributed by atoms with van der Waals surface area (Å²) in [6.07, 6.45) is 8.44. The molecule has 0 spiro atoms. The maximum absolute atomic E-state index is 13.6. The monoisotopic (exact) mass is 396 g/mol. The second kappa shape index (κ2) is 8.50. The molecule has 0 aromatic heterocycles. The Bertz CT molecular complexity index is 626. The molecular formula is C22H34F2N2O2. The predicted molar refractivity (Wildman–Crippen MR) is 106 cm³/mol. The van der Waals surface area contributed by atoms with E-state index in [1.165, 1.54) is 0 Å². The number of ether oxygens (including phenoxy) is 2. The van der Waals surface area contributed by atoms with E-state index in [2.05, 4.69) is 9.80 Å². The number of hydrogen-bond acceptors (Lipinski definition) is 4. The highest BCUT2D eigenvalue weighted by Gasteiger charge is 2.51. The van der Waals surface area contributed by atoms with Gasteiger partial charge in [0.1, 0.15) is 0 Å². The van der Waals surface area contributed by atoms with E-state index in [4.69, 9.17) is 9.47 Å². The lowest BCUT2D eigenvalue weighted by Gasteiger charge is -2.35. The molecule has 0 saturated carbocycles.